The Morgan fingerprint density at radius 3 is 2.55 bits per heavy atom. The molecular weight excluding hydrogens is 366 g/mol. The van der Waals surface area contributed by atoms with Gasteiger partial charge in [0.05, 0.1) is 23.4 Å². The number of carbonyl (C=O) groups excluding carboxylic acids is 1. The van der Waals surface area contributed by atoms with E-state index in [-0.39, 0.29) is 11.9 Å². The van der Waals surface area contributed by atoms with E-state index in [1.165, 1.54) is 0 Å². The number of hydrogen-bond acceptors (Lipinski definition) is 5. The second kappa shape index (κ2) is 7.43. The number of aromatic nitrogens is 3. The quantitative estimate of drug-likeness (QED) is 0.540. The molecule has 1 N–H and O–H groups in total. The Labute approximate surface area is 169 Å². The van der Waals surface area contributed by atoms with E-state index >= 15 is 0 Å². The van der Waals surface area contributed by atoms with E-state index in [9.17, 15) is 4.79 Å². The minimum atomic E-state index is -0.217. The fraction of sp³-hybridized carbons (Fsp3) is 0.227. The maximum Gasteiger partial charge on any atom is 0.256 e. The molecule has 0 aliphatic carbocycles. The molecule has 4 aromatic rings. The molecule has 3 heterocycles. The number of pyridine rings is 1. The van der Waals surface area contributed by atoms with Crippen LogP contribution < -0.4 is 10.2 Å². The first-order valence-electron chi connectivity index (χ1n) is 9.45. The van der Waals surface area contributed by atoms with Crippen LogP contribution >= 0.6 is 0 Å². The summed E-state index contributed by atoms with van der Waals surface area (Å²) < 4.78 is 7.32. The van der Waals surface area contributed by atoms with E-state index in [4.69, 9.17) is 9.40 Å². The van der Waals surface area contributed by atoms with Gasteiger partial charge in [0.2, 0.25) is 0 Å². The van der Waals surface area contributed by atoms with E-state index in [2.05, 4.69) is 10.4 Å². The van der Waals surface area contributed by atoms with Crippen LogP contribution in [0.1, 0.15) is 30.2 Å². The monoisotopic (exact) mass is 389 g/mol. The number of benzene rings is 1. The molecule has 7 heteroatoms. The zero-order chi connectivity index (χ0) is 20.5. The van der Waals surface area contributed by atoms with Crippen LogP contribution in [-0.2, 0) is 0 Å². The van der Waals surface area contributed by atoms with Gasteiger partial charge in [-0.05, 0) is 56.3 Å². The van der Waals surface area contributed by atoms with Crippen LogP contribution in [0.5, 0.6) is 0 Å². The van der Waals surface area contributed by atoms with Gasteiger partial charge in [0, 0.05) is 31.5 Å². The lowest BCUT2D eigenvalue weighted by molar-refractivity contribution is 0.102. The molecule has 3 aromatic heterocycles. The SMILES string of the molecule is CC(C)n1ncc2c(C(=O)Nc3ccc(N(C)C)cc3)cc(-c3ccco3)nc21. The van der Waals surface area contributed by atoms with Gasteiger partial charge in [-0.3, -0.25) is 4.79 Å². The smallest absolute Gasteiger partial charge is 0.256 e. The van der Waals surface area contributed by atoms with Crippen molar-refractivity contribution in [3.8, 4) is 11.5 Å². The summed E-state index contributed by atoms with van der Waals surface area (Å²) in [7, 11) is 3.95. The second-order valence-electron chi connectivity index (χ2n) is 7.35. The van der Waals surface area contributed by atoms with Gasteiger partial charge < -0.3 is 14.6 Å². The van der Waals surface area contributed by atoms with Gasteiger partial charge in [-0.25, -0.2) is 9.67 Å². The lowest BCUT2D eigenvalue weighted by Crippen LogP contribution is -2.14. The Balaban J connectivity index is 1.76. The number of anilines is 2. The van der Waals surface area contributed by atoms with Crippen molar-refractivity contribution in [1.29, 1.82) is 0 Å². The average Bonchev–Trinajstić information content (AvgIpc) is 3.37. The highest BCUT2D eigenvalue weighted by atomic mass is 16.3. The predicted octanol–water partition coefficient (Wildman–Crippen LogP) is 4.59. The van der Waals surface area contributed by atoms with Crippen molar-refractivity contribution in [2.24, 2.45) is 0 Å². The number of rotatable bonds is 5. The lowest BCUT2D eigenvalue weighted by Gasteiger charge is -2.13. The van der Waals surface area contributed by atoms with Crippen molar-refractivity contribution in [3.63, 3.8) is 0 Å². The van der Waals surface area contributed by atoms with Gasteiger partial charge in [0.15, 0.2) is 11.4 Å². The number of nitrogens with zero attached hydrogens (tertiary/aromatic N) is 4. The standard InChI is InChI=1S/C22H23N5O2/c1-14(2)27-21-18(13-23-27)17(12-19(25-21)20-6-5-11-29-20)22(28)24-15-7-9-16(10-8-15)26(3)4/h5-14H,1-4H3,(H,24,28). The highest BCUT2D eigenvalue weighted by Gasteiger charge is 2.19. The van der Waals surface area contributed by atoms with Gasteiger partial charge in [0.1, 0.15) is 5.69 Å². The summed E-state index contributed by atoms with van der Waals surface area (Å²) in [5.74, 6) is 0.388. The largest absolute Gasteiger partial charge is 0.463 e. The molecule has 148 valence electrons. The zero-order valence-electron chi connectivity index (χ0n) is 16.9. The van der Waals surface area contributed by atoms with Crippen molar-refractivity contribution in [2.45, 2.75) is 19.9 Å². The van der Waals surface area contributed by atoms with Crippen molar-refractivity contribution < 1.29 is 9.21 Å². The van der Waals surface area contributed by atoms with Crippen LogP contribution in [0.4, 0.5) is 11.4 Å². The summed E-state index contributed by atoms with van der Waals surface area (Å²) in [6.07, 6.45) is 3.28. The van der Waals surface area contributed by atoms with Crippen LogP contribution in [-0.4, -0.2) is 34.8 Å². The number of nitrogens with one attached hydrogen (secondary N) is 1. The van der Waals surface area contributed by atoms with Crippen LogP contribution in [0.25, 0.3) is 22.5 Å². The van der Waals surface area contributed by atoms with Crippen LogP contribution in [0.2, 0.25) is 0 Å². The molecule has 0 spiro atoms. The summed E-state index contributed by atoms with van der Waals surface area (Å²) >= 11 is 0. The molecule has 0 saturated heterocycles. The van der Waals surface area contributed by atoms with Gasteiger partial charge in [0.25, 0.3) is 5.91 Å². The highest BCUT2D eigenvalue weighted by molar-refractivity contribution is 6.12. The van der Waals surface area contributed by atoms with Gasteiger partial charge in [-0.2, -0.15) is 5.10 Å². The summed E-state index contributed by atoms with van der Waals surface area (Å²) in [6, 6.07) is 13.2. The third kappa shape index (κ3) is 3.59. The zero-order valence-corrected chi connectivity index (χ0v) is 16.9. The molecule has 0 aliphatic rings. The fourth-order valence-corrected chi connectivity index (χ4v) is 3.18. The molecule has 7 nitrogen and oxygen atoms in total. The van der Waals surface area contributed by atoms with Crippen LogP contribution in [0.3, 0.4) is 0 Å². The van der Waals surface area contributed by atoms with Crippen molar-refractivity contribution in [2.75, 3.05) is 24.3 Å². The Morgan fingerprint density at radius 2 is 1.93 bits per heavy atom. The summed E-state index contributed by atoms with van der Waals surface area (Å²) in [5, 5.41) is 8.12. The molecule has 0 atom stereocenters. The molecule has 0 fully saturated rings. The Kier molecular flexibility index (Phi) is 4.80. The normalized spacial score (nSPS) is 11.2. The molecule has 4 rings (SSSR count). The van der Waals surface area contributed by atoms with E-state index in [1.807, 2.05) is 67.9 Å². The molecule has 0 unspecified atom stereocenters. The third-order valence-corrected chi connectivity index (χ3v) is 4.72. The van der Waals surface area contributed by atoms with Crippen molar-refractivity contribution >= 4 is 28.3 Å². The molecule has 0 saturated carbocycles. The minimum Gasteiger partial charge on any atom is -0.463 e. The maximum absolute atomic E-state index is 13.1. The Bertz CT molecular complexity index is 1140. The molecular formula is C22H23N5O2. The minimum absolute atomic E-state index is 0.112. The first-order chi connectivity index (χ1) is 13.9. The number of carbonyl (C=O) groups is 1. The Morgan fingerprint density at radius 1 is 1.17 bits per heavy atom. The fourth-order valence-electron chi connectivity index (χ4n) is 3.18. The van der Waals surface area contributed by atoms with Crippen molar-refractivity contribution in [3.05, 3.63) is 60.5 Å². The van der Waals surface area contributed by atoms with E-state index < -0.39 is 0 Å². The van der Waals surface area contributed by atoms with Gasteiger partial charge in [-0.15, -0.1) is 0 Å². The summed E-state index contributed by atoms with van der Waals surface area (Å²) in [5.41, 5.74) is 3.54. The first kappa shape index (κ1) is 18.7. The molecule has 0 aliphatic heterocycles. The Hall–Kier alpha value is -3.61. The van der Waals surface area contributed by atoms with Crippen LogP contribution in [0, 0.1) is 0 Å². The van der Waals surface area contributed by atoms with Gasteiger partial charge in [-0.1, -0.05) is 0 Å². The lowest BCUT2D eigenvalue weighted by atomic mass is 10.1. The molecule has 0 bridgehead atoms. The third-order valence-electron chi connectivity index (χ3n) is 4.72. The molecule has 1 amide bonds. The van der Waals surface area contributed by atoms with Gasteiger partial charge >= 0.3 is 0 Å². The maximum atomic E-state index is 13.1. The highest BCUT2D eigenvalue weighted by Crippen LogP contribution is 2.27. The van der Waals surface area contributed by atoms with E-state index in [0.717, 1.165) is 11.4 Å². The topological polar surface area (TPSA) is 76.2 Å². The van der Waals surface area contributed by atoms with Crippen LogP contribution in [0.15, 0.2) is 59.3 Å². The molecule has 1 aromatic carbocycles. The predicted molar refractivity (Wildman–Crippen MR) is 114 cm³/mol. The molecule has 0 radical (unpaired) electrons. The number of fused-ring (bicyclic) bond motifs is 1. The molecule has 29 heavy (non-hydrogen) atoms. The summed E-state index contributed by atoms with van der Waals surface area (Å²) in [6.45, 7) is 4.06. The first-order valence-corrected chi connectivity index (χ1v) is 9.45. The number of furan rings is 1. The van der Waals surface area contributed by atoms with E-state index in [0.29, 0.717) is 28.1 Å². The van der Waals surface area contributed by atoms with Crippen molar-refractivity contribution in [1.82, 2.24) is 14.8 Å². The second-order valence-corrected chi connectivity index (χ2v) is 7.35. The number of hydrogen-bond donors (Lipinski definition) is 1. The van der Waals surface area contributed by atoms with E-state index in [1.54, 1.807) is 24.6 Å². The summed E-state index contributed by atoms with van der Waals surface area (Å²) in [4.78, 5) is 19.8. The number of amides is 1. The average molecular weight is 389 g/mol.